The second-order valence-electron chi connectivity index (χ2n) is 3.91. The molecule has 0 bridgehead atoms. The lowest BCUT2D eigenvalue weighted by Crippen LogP contribution is -2.29. The van der Waals surface area contributed by atoms with Gasteiger partial charge in [0.2, 0.25) is 0 Å². The summed E-state index contributed by atoms with van der Waals surface area (Å²) in [5.74, 6) is 0.953. The normalized spacial score (nSPS) is 35.0. The average Bonchev–Trinajstić information content (AvgIpc) is 2.42. The largest absolute Gasteiger partial charge is 0.462 e. The van der Waals surface area contributed by atoms with Crippen LogP contribution in [0.15, 0.2) is 11.1 Å². The number of hydrogen-bond acceptors (Lipinski definition) is 2. The van der Waals surface area contributed by atoms with Gasteiger partial charge >= 0.3 is 5.97 Å². The average molecular weight is 166 g/mol. The van der Waals surface area contributed by atoms with Crippen molar-refractivity contribution in [1.82, 2.24) is 0 Å². The predicted octanol–water partition coefficient (Wildman–Crippen LogP) is 1.91. The molecule has 2 nitrogen and oxygen atoms in total. The Bertz CT molecular complexity index is 253. The molecule has 0 amide bonds. The second-order valence-corrected chi connectivity index (χ2v) is 3.91. The van der Waals surface area contributed by atoms with Crippen molar-refractivity contribution in [2.75, 3.05) is 6.61 Å². The van der Waals surface area contributed by atoms with E-state index in [0.717, 1.165) is 18.4 Å². The predicted molar refractivity (Wildman–Crippen MR) is 45.5 cm³/mol. The minimum atomic E-state index is -0.0619. The van der Waals surface area contributed by atoms with Crippen LogP contribution in [0.5, 0.6) is 0 Å². The van der Waals surface area contributed by atoms with Crippen molar-refractivity contribution in [2.45, 2.75) is 26.7 Å². The Kier molecular flexibility index (Phi) is 1.71. The van der Waals surface area contributed by atoms with E-state index in [1.54, 1.807) is 0 Å². The molecule has 0 spiro atoms. The monoisotopic (exact) mass is 166 g/mol. The zero-order valence-electron chi connectivity index (χ0n) is 7.59. The van der Waals surface area contributed by atoms with Crippen LogP contribution in [0.3, 0.4) is 0 Å². The van der Waals surface area contributed by atoms with Crippen LogP contribution >= 0.6 is 0 Å². The van der Waals surface area contributed by atoms with Crippen LogP contribution in [0.4, 0.5) is 0 Å². The van der Waals surface area contributed by atoms with E-state index >= 15 is 0 Å². The first-order valence-electron chi connectivity index (χ1n) is 4.57. The first-order valence-corrected chi connectivity index (χ1v) is 4.57. The minimum absolute atomic E-state index is 0.0619. The molecule has 2 unspecified atom stereocenters. The van der Waals surface area contributed by atoms with Gasteiger partial charge in [-0.15, -0.1) is 0 Å². The van der Waals surface area contributed by atoms with Crippen LogP contribution in [0.1, 0.15) is 26.7 Å². The molecule has 1 aliphatic carbocycles. The van der Waals surface area contributed by atoms with E-state index in [1.165, 1.54) is 5.57 Å². The summed E-state index contributed by atoms with van der Waals surface area (Å²) >= 11 is 0. The maximum Gasteiger partial charge on any atom is 0.334 e. The zero-order valence-corrected chi connectivity index (χ0v) is 7.59. The maximum absolute atomic E-state index is 11.4. The topological polar surface area (TPSA) is 26.3 Å². The van der Waals surface area contributed by atoms with Crippen LogP contribution in [0, 0.1) is 11.8 Å². The fraction of sp³-hybridized carbons (Fsp3) is 0.700. The van der Waals surface area contributed by atoms with Crippen molar-refractivity contribution in [3.8, 4) is 0 Å². The third-order valence-electron chi connectivity index (χ3n) is 3.05. The Morgan fingerprint density at radius 2 is 2.25 bits per heavy atom. The first kappa shape index (κ1) is 7.84. The Morgan fingerprint density at radius 3 is 2.92 bits per heavy atom. The molecule has 2 atom stereocenters. The smallest absolute Gasteiger partial charge is 0.334 e. The molecule has 0 aromatic carbocycles. The van der Waals surface area contributed by atoms with Crippen molar-refractivity contribution >= 4 is 5.97 Å². The maximum atomic E-state index is 11.4. The highest BCUT2D eigenvalue weighted by Crippen LogP contribution is 2.40. The fourth-order valence-corrected chi connectivity index (χ4v) is 2.26. The molecule has 0 radical (unpaired) electrons. The van der Waals surface area contributed by atoms with E-state index in [4.69, 9.17) is 4.74 Å². The molecule has 0 N–H and O–H groups in total. The summed E-state index contributed by atoms with van der Waals surface area (Å²) in [5, 5.41) is 0. The van der Waals surface area contributed by atoms with E-state index in [1.807, 2.05) is 0 Å². The number of cyclic esters (lactones) is 1. The molecule has 2 heteroatoms. The zero-order chi connectivity index (χ0) is 8.72. The fourth-order valence-electron chi connectivity index (χ4n) is 2.26. The summed E-state index contributed by atoms with van der Waals surface area (Å²) < 4.78 is 5.08. The van der Waals surface area contributed by atoms with Gasteiger partial charge in [-0.05, 0) is 31.6 Å². The molecule has 1 fully saturated rings. The number of rotatable bonds is 0. The van der Waals surface area contributed by atoms with Crippen molar-refractivity contribution in [3.63, 3.8) is 0 Å². The highest BCUT2D eigenvalue weighted by molar-refractivity contribution is 5.91. The molecule has 2 aliphatic rings. The quantitative estimate of drug-likeness (QED) is 0.514. The molecule has 2 rings (SSSR count). The van der Waals surface area contributed by atoms with E-state index in [-0.39, 0.29) is 5.97 Å². The molecule has 1 heterocycles. The van der Waals surface area contributed by atoms with Crippen LogP contribution in [0.25, 0.3) is 0 Å². The molecule has 66 valence electrons. The molecule has 0 aromatic heterocycles. The van der Waals surface area contributed by atoms with Gasteiger partial charge in [0.25, 0.3) is 0 Å². The number of fused-ring (bicyclic) bond motifs is 1. The van der Waals surface area contributed by atoms with Crippen molar-refractivity contribution in [2.24, 2.45) is 11.8 Å². The van der Waals surface area contributed by atoms with Gasteiger partial charge in [0, 0.05) is 5.57 Å². The molecule has 0 saturated carbocycles. The number of carbonyl (C=O) groups excluding carboxylic acids is 1. The molecular formula is C10H14O2. The molecule has 1 aliphatic heterocycles. The van der Waals surface area contributed by atoms with Gasteiger partial charge in [-0.1, -0.05) is 12.5 Å². The summed E-state index contributed by atoms with van der Waals surface area (Å²) in [6.07, 6.45) is 2.23. The van der Waals surface area contributed by atoms with Gasteiger partial charge in [0.1, 0.15) is 0 Å². The molecule has 1 saturated heterocycles. The van der Waals surface area contributed by atoms with Gasteiger partial charge in [-0.2, -0.15) is 0 Å². The first-order chi connectivity index (χ1) is 5.70. The van der Waals surface area contributed by atoms with Crippen LogP contribution in [-0.4, -0.2) is 12.6 Å². The third-order valence-corrected chi connectivity index (χ3v) is 3.05. The molecule has 0 aromatic rings. The van der Waals surface area contributed by atoms with Gasteiger partial charge in [0.15, 0.2) is 0 Å². The Morgan fingerprint density at radius 1 is 1.50 bits per heavy atom. The summed E-state index contributed by atoms with van der Waals surface area (Å²) in [5.41, 5.74) is 2.23. The third kappa shape index (κ3) is 0.977. The van der Waals surface area contributed by atoms with Gasteiger partial charge in [-0.3, -0.25) is 0 Å². The lowest BCUT2D eigenvalue weighted by molar-refractivity contribution is -0.144. The van der Waals surface area contributed by atoms with E-state index in [0.29, 0.717) is 18.4 Å². The molecule has 12 heavy (non-hydrogen) atoms. The number of esters is 1. The SMILES string of the molecule is CC1=C2C(=O)OCC(C)C2CC1. The number of hydrogen-bond donors (Lipinski definition) is 0. The van der Waals surface area contributed by atoms with Crippen molar-refractivity contribution in [1.29, 1.82) is 0 Å². The standard InChI is InChI=1S/C10H14O2/c1-6-3-4-8-7(2)5-12-10(11)9(6)8/h7-8H,3-5H2,1-2H3. The highest BCUT2D eigenvalue weighted by atomic mass is 16.5. The van der Waals surface area contributed by atoms with Crippen molar-refractivity contribution < 1.29 is 9.53 Å². The summed E-state index contributed by atoms with van der Waals surface area (Å²) in [7, 11) is 0. The number of ether oxygens (including phenoxy) is 1. The van der Waals surface area contributed by atoms with E-state index < -0.39 is 0 Å². The summed E-state index contributed by atoms with van der Waals surface area (Å²) in [6.45, 7) is 4.82. The van der Waals surface area contributed by atoms with Gasteiger partial charge < -0.3 is 4.74 Å². The number of allylic oxidation sites excluding steroid dienone is 1. The Hall–Kier alpha value is -0.790. The molecular weight excluding hydrogens is 152 g/mol. The van der Waals surface area contributed by atoms with Crippen LogP contribution < -0.4 is 0 Å². The highest BCUT2D eigenvalue weighted by Gasteiger charge is 2.37. The lowest BCUT2D eigenvalue weighted by Gasteiger charge is -2.27. The Balaban J connectivity index is 2.33. The summed E-state index contributed by atoms with van der Waals surface area (Å²) in [4.78, 5) is 11.4. The minimum Gasteiger partial charge on any atom is -0.462 e. The lowest BCUT2D eigenvalue weighted by atomic mass is 9.86. The van der Waals surface area contributed by atoms with Crippen LogP contribution in [0.2, 0.25) is 0 Å². The Labute approximate surface area is 72.6 Å². The van der Waals surface area contributed by atoms with Crippen LogP contribution in [-0.2, 0) is 9.53 Å². The van der Waals surface area contributed by atoms with E-state index in [2.05, 4.69) is 13.8 Å². The van der Waals surface area contributed by atoms with E-state index in [9.17, 15) is 4.79 Å². The summed E-state index contributed by atoms with van der Waals surface area (Å²) in [6, 6.07) is 0. The van der Waals surface area contributed by atoms with Gasteiger partial charge in [0.05, 0.1) is 6.61 Å². The van der Waals surface area contributed by atoms with Gasteiger partial charge in [-0.25, -0.2) is 4.79 Å². The van der Waals surface area contributed by atoms with Crippen molar-refractivity contribution in [3.05, 3.63) is 11.1 Å². The number of carbonyl (C=O) groups is 1. The second kappa shape index (κ2) is 2.61.